The van der Waals surface area contributed by atoms with Gasteiger partial charge in [0.25, 0.3) is 0 Å². The zero-order chi connectivity index (χ0) is 11.5. The molecule has 1 heterocycles. The third-order valence-corrected chi connectivity index (χ3v) is 3.58. The fourth-order valence-corrected chi connectivity index (χ4v) is 2.29. The molecule has 1 saturated heterocycles. The van der Waals surface area contributed by atoms with Crippen LogP contribution in [0, 0.1) is 0 Å². The van der Waals surface area contributed by atoms with Gasteiger partial charge in [-0.25, -0.2) is 0 Å². The van der Waals surface area contributed by atoms with E-state index in [2.05, 4.69) is 56.0 Å². The van der Waals surface area contributed by atoms with Crippen LogP contribution in [-0.4, -0.2) is 29.7 Å². The molecule has 0 saturated carbocycles. The maximum absolute atomic E-state index is 5.73. The zero-order valence-electron chi connectivity index (χ0n) is 10.4. The Labute approximate surface area is 98.2 Å². The van der Waals surface area contributed by atoms with Gasteiger partial charge in [-0.05, 0) is 26.3 Å². The van der Waals surface area contributed by atoms with Crippen molar-refractivity contribution in [3.8, 4) is 0 Å². The molecule has 2 nitrogen and oxygen atoms in total. The summed E-state index contributed by atoms with van der Waals surface area (Å²) in [5.41, 5.74) is 1.38. The highest BCUT2D eigenvalue weighted by molar-refractivity contribution is 5.15. The van der Waals surface area contributed by atoms with Crippen LogP contribution < -0.4 is 0 Å². The Bertz CT molecular complexity index is 325. The number of rotatable bonds is 2. The minimum Gasteiger partial charge on any atom is -0.375 e. The Morgan fingerprint density at radius 2 is 1.88 bits per heavy atom. The SMILES string of the molecule is CC1OCC(C)N(Cc2ccccc2)C1C. The molecule has 1 aliphatic rings. The Hall–Kier alpha value is -0.860. The zero-order valence-corrected chi connectivity index (χ0v) is 10.4. The van der Waals surface area contributed by atoms with Crippen molar-refractivity contribution < 1.29 is 4.74 Å². The van der Waals surface area contributed by atoms with E-state index in [1.54, 1.807) is 0 Å². The topological polar surface area (TPSA) is 12.5 Å². The first kappa shape index (κ1) is 11.6. The molecule has 0 aliphatic carbocycles. The molecule has 0 radical (unpaired) electrons. The lowest BCUT2D eigenvalue weighted by Crippen LogP contribution is -2.52. The quantitative estimate of drug-likeness (QED) is 0.758. The van der Waals surface area contributed by atoms with Gasteiger partial charge in [0.05, 0.1) is 12.7 Å². The van der Waals surface area contributed by atoms with E-state index in [9.17, 15) is 0 Å². The Balaban J connectivity index is 2.07. The van der Waals surface area contributed by atoms with Crippen LogP contribution in [0.15, 0.2) is 30.3 Å². The maximum atomic E-state index is 5.73. The largest absolute Gasteiger partial charge is 0.375 e. The van der Waals surface area contributed by atoms with Crippen LogP contribution >= 0.6 is 0 Å². The van der Waals surface area contributed by atoms with E-state index in [1.807, 2.05) is 0 Å². The molecule has 3 unspecified atom stereocenters. The fraction of sp³-hybridized carbons (Fsp3) is 0.571. The molecule has 0 N–H and O–H groups in total. The molecule has 1 aliphatic heterocycles. The van der Waals surface area contributed by atoms with Crippen molar-refractivity contribution in [1.82, 2.24) is 4.90 Å². The minimum absolute atomic E-state index is 0.333. The van der Waals surface area contributed by atoms with Crippen LogP contribution in [0.5, 0.6) is 0 Å². The molecule has 2 heteroatoms. The van der Waals surface area contributed by atoms with E-state index >= 15 is 0 Å². The number of nitrogens with zero attached hydrogens (tertiary/aromatic N) is 1. The van der Waals surface area contributed by atoms with Gasteiger partial charge < -0.3 is 4.74 Å². The van der Waals surface area contributed by atoms with Crippen LogP contribution in [0.25, 0.3) is 0 Å². The molecule has 0 aromatic heterocycles. The van der Waals surface area contributed by atoms with Crippen LogP contribution in [0.4, 0.5) is 0 Å². The summed E-state index contributed by atoms with van der Waals surface area (Å²) >= 11 is 0. The van der Waals surface area contributed by atoms with Crippen LogP contribution in [0.3, 0.4) is 0 Å². The molecular formula is C14H21NO. The number of benzene rings is 1. The molecule has 88 valence electrons. The average Bonchev–Trinajstić information content (AvgIpc) is 2.31. The second-order valence-corrected chi connectivity index (χ2v) is 4.79. The van der Waals surface area contributed by atoms with E-state index in [1.165, 1.54) is 5.56 Å². The van der Waals surface area contributed by atoms with Gasteiger partial charge in [-0.2, -0.15) is 0 Å². The highest BCUT2D eigenvalue weighted by Gasteiger charge is 2.30. The lowest BCUT2D eigenvalue weighted by Gasteiger charge is -2.42. The van der Waals surface area contributed by atoms with Gasteiger partial charge in [0.2, 0.25) is 0 Å². The third-order valence-electron chi connectivity index (χ3n) is 3.58. The first-order valence-corrected chi connectivity index (χ1v) is 6.09. The number of morpholine rings is 1. The van der Waals surface area contributed by atoms with E-state index in [0.717, 1.165) is 13.2 Å². The van der Waals surface area contributed by atoms with Crippen molar-refractivity contribution in [2.45, 2.75) is 45.5 Å². The van der Waals surface area contributed by atoms with Gasteiger partial charge >= 0.3 is 0 Å². The van der Waals surface area contributed by atoms with E-state index in [4.69, 9.17) is 4.74 Å². The van der Waals surface area contributed by atoms with E-state index in [0.29, 0.717) is 18.2 Å². The summed E-state index contributed by atoms with van der Waals surface area (Å²) in [5, 5.41) is 0. The van der Waals surface area contributed by atoms with Gasteiger partial charge in [0.1, 0.15) is 0 Å². The van der Waals surface area contributed by atoms with Crippen molar-refractivity contribution in [2.75, 3.05) is 6.61 Å². The molecule has 3 atom stereocenters. The molecule has 1 fully saturated rings. The summed E-state index contributed by atoms with van der Waals surface area (Å²) in [7, 11) is 0. The van der Waals surface area contributed by atoms with E-state index < -0.39 is 0 Å². The standard InChI is InChI=1S/C14H21NO/c1-11-10-16-13(3)12(2)15(11)9-14-7-5-4-6-8-14/h4-8,11-13H,9-10H2,1-3H3. The smallest absolute Gasteiger partial charge is 0.0700 e. The van der Waals surface area contributed by atoms with Gasteiger partial charge in [-0.15, -0.1) is 0 Å². The molecular weight excluding hydrogens is 198 g/mol. The molecule has 0 amide bonds. The first-order chi connectivity index (χ1) is 7.68. The lowest BCUT2D eigenvalue weighted by molar-refractivity contribution is -0.0885. The predicted molar refractivity (Wildman–Crippen MR) is 66.3 cm³/mol. The second kappa shape index (κ2) is 4.98. The van der Waals surface area contributed by atoms with E-state index in [-0.39, 0.29) is 0 Å². The molecule has 0 spiro atoms. The summed E-state index contributed by atoms with van der Waals surface area (Å²) < 4.78 is 5.73. The monoisotopic (exact) mass is 219 g/mol. The van der Waals surface area contributed by atoms with Crippen LogP contribution in [0.2, 0.25) is 0 Å². The lowest BCUT2D eigenvalue weighted by atomic mass is 10.1. The summed E-state index contributed by atoms with van der Waals surface area (Å²) in [4.78, 5) is 2.53. The minimum atomic E-state index is 0.333. The Kier molecular flexibility index (Phi) is 3.62. The maximum Gasteiger partial charge on any atom is 0.0700 e. The highest BCUT2D eigenvalue weighted by atomic mass is 16.5. The number of hydrogen-bond acceptors (Lipinski definition) is 2. The Morgan fingerprint density at radius 3 is 2.56 bits per heavy atom. The van der Waals surface area contributed by atoms with Crippen molar-refractivity contribution in [3.05, 3.63) is 35.9 Å². The van der Waals surface area contributed by atoms with Crippen LogP contribution in [0.1, 0.15) is 26.3 Å². The Morgan fingerprint density at radius 1 is 1.19 bits per heavy atom. The predicted octanol–water partition coefficient (Wildman–Crippen LogP) is 2.68. The van der Waals surface area contributed by atoms with Crippen molar-refractivity contribution in [2.24, 2.45) is 0 Å². The van der Waals surface area contributed by atoms with Crippen molar-refractivity contribution in [1.29, 1.82) is 0 Å². The van der Waals surface area contributed by atoms with Crippen molar-refractivity contribution >= 4 is 0 Å². The second-order valence-electron chi connectivity index (χ2n) is 4.79. The summed E-state index contributed by atoms with van der Waals surface area (Å²) in [6.45, 7) is 8.53. The van der Waals surface area contributed by atoms with Gasteiger partial charge in [0, 0.05) is 18.6 Å². The van der Waals surface area contributed by atoms with Crippen LogP contribution in [-0.2, 0) is 11.3 Å². The average molecular weight is 219 g/mol. The molecule has 1 aromatic rings. The third kappa shape index (κ3) is 2.45. The molecule has 1 aromatic carbocycles. The van der Waals surface area contributed by atoms with Crippen molar-refractivity contribution in [3.63, 3.8) is 0 Å². The van der Waals surface area contributed by atoms with Gasteiger partial charge in [0.15, 0.2) is 0 Å². The number of hydrogen-bond donors (Lipinski definition) is 0. The molecule has 16 heavy (non-hydrogen) atoms. The fourth-order valence-electron chi connectivity index (χ4n) is 2.29. The first-order valence-electron chi connectivity index (χ1n) is 6.09. The highest BCUT2D eigenvalue weighted by Crippen LogP contribution is 2.21. The summed E-state index contributed by atoms with van der Waals surface area (Å²) in [5.74, 6) is 0. The van der Waals surface area contributed by atoms with Gasteiger partial charge in [-0.3, -0.25) is 4.90 Å². The summed E-state index contributed by atoms with van der Waals surface area (Å²) in [6, 6.07) is 11.7. The molecule has 2 rings (SSSR count). The van der Waals surface area contributed by atoms with Gasteiger partial charge in [-0.1, -0.05) is 30.3 Å². The number of ether oxygens (including phenoxy) is 1. The summed E-state index contributed by atoms with van der Waals surface area (Å²) in [6.07, 6.45) is 0.333. The normalized spacial score (nSPS) is 31.6. The molecule has 0 bridgehead atoms.